The van der Waals surface area contributed by atoms with Gasteiger partial charge in [-0.2, -0.15) is 0 Å². The zero-order valence-electron chi connectivity index (χ0n) is 12.5. The summed E-state index contributed by atoms with van der Waals surface area (Å²) >= 11 is 6.14. The zero-order chi connectivity index (χ0) is 15.6. The Hall–Kier alpha value is -1.39. The summed E-state index contributed by atoms with van der Waals surface area (Å²) in [4.78, 5) is 24.9. The third kappa shape index (κ3) is 2.70. The monoisotopic (exact) mass is 322 g/mol. The molecule has 2 rings (SSSR count). The molecule has 0 radical (unpaired) electrons. The Labute approximate surface area is 131 Å². The van der Waals surface area contributed by atoms with Crippen molar-refractivity contribution in [1.29, 1.82) is 0 Å². The number of carbonyl (C=O) groups excluding carboxylic acids is 2. The molecular weight excluding hydrogens is 304 g/mol. The van der Waals surface area contributed by atoms with Crippen molar-refractivity contribution < 1.29 is 14.0 Å². The van der Waals surface area contributed by atoms with Crippen LogP contribution < -0.4 is 0 Å². The highest BCUT2D eigenvalue weighted by atomic mass is 35.5. The molecule has 3 nitrogen and oxygen atoms in total. The number of benzene rings is 1. The first-order chi connectivity index (χ1) is 9.99. The van der Waals surface area contributed by atoms with Crippen LogP contribution in [0.4, 0.5) is 0 Å². The highest BCUT2D eigenvalue weighted by molar-refractivity contribution is 6.74. The van der Waals surface area contributed by atoms with Crippen molar-refractivity contribution in [2.45, 2.75) is 38.9 Å². The van der Waals surface area contributed by atoms with Crippen LogP contribution >= 0.6 is 11.6 Å². The second kappa shape index (κ2) is 6.16. The number of allylic oxidation sites excluding steroid dienone is 2. The fourth-order valence-electron chi connectivity index (χ4n) is 2.60. The van der Waals surface area contributed by atoms with Gasteiger partial charge in [-0.25, -0.2) is 0 Å². The molecule has 1 aromatic carbocycles. The lowest BCUT2D eigenvalue weighted by Crippen LogP contribution is -2.38. The summed E-state index contributed by atoms with van der Waals surface area (Å²) in [7, 11) is -2.05. The van der Waals surface area contributed by atoms with Gasteiger partial charge in [0, 0.05) is 11.1 Å². The molecule has 0 amide bonds. The molecule has 0 fully saturated rings. The van der Waals surface area contributed by atoms with E-state index in [1.807, 2.05) is 0 Å². The minimum Gasteiger partial charge on any atom is -0.540 e. The van der Waals surface area contributed by atoms with Crippen LogP contribution in [-0.2, 0) is 4.43 Å². The van der Waals surface area contributed by atoms with Crippen molar-refractivity contribution in [2.24, 2.45) is 0 Å². The molecule has 21 heavy (non-hydrogen) atoms. The van der Waals surface area contributed by atoms with E-state index in [9.17, 15) is 9.59 Å². The SMILES string of the molecule is CC[Si](CC)(CC)OC1=C(Cl)C(=O)c2ccccc2C1=O. The number of Topliss-reactive ketones (excluding diaryl/α,β-unsaturated/α-hetero) is 2. The van der Waals surface area contributed by atoms with Gasteiger partial charge in [0.25, 0.3) is 8.32 Å². The number of ketones is 2. The normalized spacial score (nSPS) is 15.2. The largest absolute Gasteiger partial charge is 0.540 e. The molecule has 0 saturated carbocycles. The molecule has 0 aromatic heterocycles. The van der Waals surface area contributed by atoms with Crippen LogP contribution in [0.15, 0.2) is 35.1 Å². The number of rotatable bonds is 5. The first kappa shape index (κ1) is 16.0. The highest BCUT2D eigenvalue weighted by Crippen LogP contribution is 2.33. The Morgan fingerprint density at radius 2 is 1.43 bits per heavy atom. The summed E-state index contributed by atoms with van der Waals surface area (Å²) in [6.07, 6.45) is 0. The average Bonchev–Trinajstić information content (AvgIpc) is 2.54. The summed E-state index contributed by atoms with van der Waals surface area (Å²) in [5.74, 6) is -0.548. The lowest BCUT2D eigenvalue weighted by atomic mass is 9.94. The lowest BCUT2D eigenvalue weighted by molar-refractivity contribution is 0.0939. The minimum absolute atomic E-state index is 0.0533. The van der Waals surface area contributed by atoms with Crippen molar-refractivity contribution in [1.82, 2.24) is 0 Å². The maximum absolute atomic E-state index is 12.6. The minimum atomic E-state index is -2.05. The molecule has 5 heteroatoms. The number of hydrogen-bond acceptors (Lipinski definition) is 3. The molecule has 0 N–H and O–H groups in total. The quantitative estimate of drug-likeness (QED) is 0.747. The summed E-state index contributed by atoms with van der Waals surface area (Å²) in [6, 6.07) is 9.40. The molecule has 0 aliphatic heterocycles. The zero-order valence-corrected chi connectivity index (χ0v) is 14.3. The van der Waals surface area contributed by atoms with Crippen LogP contribution in [-0.4, -0.2) is 19.9 Å². The van der Waals surface area contributed by atoms with Gasteiger partial charge in [0.1, 0.15) is 5.03 Å². The maximum Gasteiger partial charge on any atom is 0.250 e. The van der Waals surface area contributed by atoms with Crippen molar-refractivity contribution in [2.75, 3.05) is 0 Å². The van der Waals surface area contributed by atoms with Gasteiger partial charge in [0.2, 0.25) is 11.6 Å². The van der Waals surface area contributed by atoms with E-state index in [1.54, 1.807) is 24.3 Å². The highest BCUT2D eigenvalue weighted by Gasteiger charge is 2.38. The Morgan fingerprint density at radius 1 is 0.952 bits per heavy atom. The molecule has 1 aliphatic rings. The molecular formula is C16H19ClO3Si. The fraction of sp³-hybridized carbons (Fsp3) is 0.375. The first-order valence-corrected chi connectivity index (χ1v) is 10.2. The summed E-state index contributed by atoms with van der Waals surface area (Å²) in [6.45, 7) is 6.20. The molecule has 0 saturated heterocycles. The van der Waals surface area contributed by atoms with Crippen LogP contribution in [0.2, 0.25) is 18.1 Å². The van der Waals surface area contributed by atoms with Gasteiger partial charge >= 0.3 is 0 Å². The third-order valence-corrected chi connectivity index (χ3v) is 9.12. The van der Waals surface area contributed by atoms with E-state index < -0.39 is 8.32 Å². The summed E-state index contributed by atoms with van der Waals surface area (Å²) < 4.78 is 6.09. The van der Waals surface area contributed by atoms with E-state index in [0.717, 1.165) is 18.1 Å². The molecule has 0 heterocycles. The van der Waals surface area contributed by atoms with Gasteiger partial charge in [-0.3, -0.25) is 9.59 Å². The van der Waals surface area contributed by atoms with E-state index in [4.69, 9.17) is 16.0 Å². The van der Waals surface area contributed by atoms with E-state index in [2.05, 4.69) is 20.8 Å². The molecule has 112 valence electrons. The van der Waals surface area contributed by atoms with E-state index >= 15 is 0 Å². The fourth-order valence-corrected chi connectivity index (χ4v) is 5.45. The van der Waals surface area contributed by atoms with Gasteiger partial charge in [-0.15, -0.1) is 0 Å². The predicted molar refractivity (Wildman–Crippen MR) is 86.3 cm³/mol. The van der Waals surface area contributed by atoms with Crippen LogP contribution in [0.25, 0.3) is 0 Å². The van der Waals surface area contributed by atoms with Gasteiger partial charge in [0.15, 0.2) is 5.76 Å². The molecule has 0 spiro atoms. The Bertz CT molecular complexity index is 609. The summed E-state index contributed by atoms with van der Waals surface area (Å²) in [5, 5.41) is -0.0778. The van der Waals surface area contributed by atoms with E-state index in [0.29, 0.717) is 11.1 Å². The second-order valence-electron chi connectivity index (χ2n) is 5.19. The maximum atomic E-state index is 12.6. The Balaban J connectivity index is 2.47. The molecule has 0 bridgehead atoms. The summed E-state index contributed by atoms with van der Waals surface area (Å²) in [5.41, 5.74) is 0.740. The second-order valence-corrected chi connectivity index (χ2v) is 10.3. The molecule has 1 aliphatic carbocycles. The number of halogens is 1. The van der Waals surface area contributed by atoms with Crippen molar-refractivity contribution in [3.63, 3.8) is 0 Å². The van der Waals surface area contributed by atoms with Crippen LogP contribution in [0.3, 0.4) is 0 Å². The van der Waals surface area contributed by atoms with Gasteiger partial charge < -0.3 is 4.43 Å². The van der Waals surface area contributed by atoms with Crippen LogP contribution in [0.5, 0.6) is 0 Å². The van der Waals surface area contributed by atoms with Crippen LogP contribution in [0.1, 0.15) is 41.5 Å². The van der Waals surface area contributed by atoms with Crippen molar-refractivity contribution in [3.8, 4) is 0 Å². The average molecular weight is 323 g/mol. The van der Waals surface area contributed by atoms with Crippen molar-refractivity contribution in [3.05, 3.63) is 46.2 Å². The van der Waals surface area contributed by atoms with Crippen LogP contribution in [0, 0.1) is 0 Å². The topological polar surface area (TPSA) is 43.4 Å². The van der Waals surface area contributed by atoms with E-state index in [-0.39, 0.29) is 22.4 Å². The molecule has 1 aromatic rings. The smallest absolute Gasteiger partial charge is 0.250 e. The standard InChI is InChI=1S/C16H19ClO3Si/c1-4-21(5-2,6-3)20-16-13(17)14(18)11-9-7-8-10-12(11)15(16)19/h7-10H,4-6H2,1-3H3. The van der Waals surface area contributed by atoms with Gasteiger partial charge in [0.05, 0.1) is 0 Å². The first-order valence-electron chi connectivity index (χ1n) is 7.26. The lowest BCUT2D eigenvalue weighted by Gasteiger charge is -2.31. The van der Waals surface area contributed by atoms with Gasteiger partial charge in [-0.05, 0) is 18.1 Å². The van der Waals surface area contributed by atoms with E-state index in [1.165, 1.54) is 0 Å². The number of hydrogen-bond donors (Lipinski definition) is 0. The van der Waals surface area contributed by atoms with Gasteiger partial charge in [-0.1, -0.05) is 56.6 Å². The molecule has 0 unspecified atom stereocenters. The third-order valence-electron chi connectivity index (χ3n) is 4.27. The van der Waals surface area contributed by atoms with Crippen molar-refractivity contribution >= 4 is 31.5 Å². The predicted octanol–water partition coefficient (Wildman–Crippen LogP) is 4.54. The number of fused-ring (bicyclic) bond motifs is 1. The number of carbonyl (C=O) groups is 2. The molecule has 0 atom stereocenters. The Kier molecular flexibility index (Phi) is 4.69. The Morgan fingerprint density at radius 3 is 1.90 bits per heavy atom.